The average Bonchev–Trinajstić information content (AvgIpc) is 3.03. The summed E-state index contributed by atoms with van der Waals surface area (Å²) in [5.74, 6) is 0.782. The van der Waals surface area contributed by atoms with Crippen LogP contribution in [-0.4, -0.2) is 35.9 Å². The van der Waals surface area contributed by atoms with Crippen molar-refractivity contribution < 1.29 is 9.53 Å². The summed E-state index contributed by atoms with van der Waals surface area (Å²) in [6.45, 7) is 2.08. The van der Waals surface area contributed by atoms with Crippen molar-refractivity contribution in [1.29, 1.82) is 0 Å². The van der Waals surface area contributed by atoms with E-state index in [2.05, 4.69) is 22.2 Å². The summed E-state index contributed by atoms with van der Waals surface area (Å²) < 4.78 is 8.31. The number of nitrogens with zero attached hydrogens (tertiary/aromatic N) is 5. The molecular formula is C17H23N5O3. The lowest BCUT2D eigenvalue weighted by molar-refractivity contribution is -0.0744. The zero-order chi connectivity index (χ0) is 17.6. The number of hydrogen-bond donors (Lipinski definition) is 0. The van der Waals surface area contributed by atoms with Gasteiger partial charge in [-0.1, -0.05) is 31.4 Å². The molecule has 2 heterocycles. The Kier molecular flexibility index (Phi) is 3.85. The predicted molar refractivity (Wildman–Crippen MR) is 89.1 cm³/mol. The quantitative estimate of drug-likeness (QED) is 0.787. The summed E-state index contributed by atoms with van der Waals surface area (Å²) in [4.78, 5) is 28.9. The Balaban J connectivity index is 1.63. The van der Waals surface area contributed by atoms with Crippen molar-refractivity contribution in [3.8, 4) is 0 Å². The van der Waals surface area contributed by atoms with Crippen LogP contribution >= 0.6 is 0 Å². The molecule has 2 aromatic rings. The van der Waals surface area contributed by atoms with Crippen LogP contribution in [0.4, 0.5) is 0 Å². The van der Waals surface area contributed by atoms with Gasteiger partial charge in [-0.3, -0.25) is 0 Å². The molecule has 2 saturated carbocycles. The Hall–Kier alpha value is -2.25. The van der Waals surface area contributed by atoms with Crippen molar-refractivity contribution in [1.82, 2.24) is 24.4 Å². The Morgan fingerprint density at radius 2 is 2.08 bits per heavy atom. The smallest absolute Gasteiger partial charge is 0.361 e. The highest BCUT2D eigenvalue weighted by Crippen LogP contribution is 2.47. The van der Waals surface area contributed by atoms with Crippen molar-refractivity contribution in [2.24, 2.45) is 18.9 Å². The van der Waals surface area contributed by atoms with Gasteiger partial charge in [0.05, 0.1) is 0 Å². The van der Waals surface area contributed by atoms with E-state index in [4.69, 9.17) is 4.74 Å². The Bertz CT molecular complexity index is 859. The molecule has 2 aliphatic carbocycles. The summed E-state index contributed by atoms with van der Waals surface area (Å²) in [6, 6.07) is 0. The highest BCUT2D eigenvalue weighted by molar-refractivity contribution is 5.93. The number of fused-ring (bicyclic) bond motifs is 3. The fourth-order valence-corrected chi connectivity index (χ4v) is 4.62. The maximum absolute atomic E-state index is 12.8. The second kappa shape index (κ2) is 5.93. The van der Waals surface area contributed by atoms with Gasteiger partial charge in [0.25, 0.3) is 0 Å². The third kappa shape index (κ3) is 2.73. The van der Waals surface area contributed by atoms with Gasteiger partial charge in [0.15, 0.2) is 11.3 Å². The first kappa shape index (κ1) is 16.2. The Morgan fingerprint density at radius 3 is 2.76 bits per heavy atom. The first-order valence-corrected chi connectivity index (χ1v) is 9.02. The Morgan fingerprint density at radius 1 is 1.36 bits per heavy atom. The average molecular weight is 345 g/mol. The van der Waals surface area contributed by atoms with Crippen LogP contribution in [0.2, 0.25) is 0 Å². The summed E-state index contributed by atoms with van der Waals surface area (Å²) in [5, 5.41) is 7.67. The van der Waals surface area contributed by atoms with Gasteiger partial charge in [0.1, 0.15) is 11.9 Å². The van der Waals surface area contributed by atoms with Gasteiger partial charge in [-0.2, -0.15) is 4.68 Å². The van der Waals surface area contributed by atoms with E-state index in [1.165, 1.54) is 43.5 Å². The number of aromatic nitrogens is 5. The molecule has 4 rings (SSSR count). The largest absolute Gasteiger partial charge is 0.454 e. The topological polar surface area (TPSA) is 91.4 Å². The van der Waals surface area contributed by atoms with Gasteiger partial charge in [-0.05, 0) is 37.5 Å². The number of rotatable bonds is 3. The van der Waals surface area contributed by atoms with E-state index in [-0.39, 0.29) is 11.3 Å². The number of carbonyl (C=O) groups excluding carboxylic acids is 1. The number of carbonyl (C=O) groups is 1. The lowest BCUT2D eigenvalue weighted by atomic mass is 9.65. The molecule has 2 unspecified atom stereocenters. The van der Waals surface area contributed by atoms with Gasteiger partial charge < -0.3 is 4.74 Å². The molecule has 8 heteroatoms. The van der Waals surface area contributed by atoms with Crippen LogP contribution < -0.4 is 5.69 Å². The third-order valence-electron chi connectivity index (χ3n) is 5.86. The molecule has 3 atom stereocenters. The van der Waals surface area contributed by atoms with E-state index in [0.717, 1.165) is 23.9 Å². The van der Waals surface area contributed by atoms with E-state index in [9.17, 15) is 9.59 Å². The summed E-state index contributed by atoms with van der Waals surface area (Å²) in [7, 11) is 1.50. The number of imidazole rings is 1. The van der Waals surface area contributed by atoms with E-state index in [1.807, 2.05) is 0 Å². The highest BCUT2D eigenvalue weighted by atomic mass is 16.6. The second-order valence-corrected chi connectivity index (χ2v) is 7.52. The van der Waals surface area contributed by atoms with Crippen LogP contribution in [-0.2, 0) is 11.8 Å². The minimum atomic E-state index is -0.508. The van der Waals surface area contributed by atoms with E-state index in [1.54, 1.807) is 0 Å². The fraction of sp³-hybridized carbons (Fsp3) is 0.706. The van der Waals surface area contributed by atoms with Crippen LogP contribution in [0.1, 0.15) is 62.4 Å². The van der Waals surface area contributed by atoms with Gasteiger partial charge in [0.2, 0.25) is 0 Å². The standard InChI is InChI=1S/C17H23N5O3/c1-3-17(8-11-5-4-6-12(7-11)9-17)25-15(23)13-14-19-20-21(2)16(24)22(14)10-18-13/h10-12H,3-9H2,1-2H3/t11-,12?,17?/m0/s1. The second-order valence-electron chi connectivity index (χ2n) is 7.52. The van der Waals surface area contributed by atoms with Gasteiger partial charge in [-0.25, -0.2) is 19.0 Å². The zero-order valence-corrected chi connectivity index (χ0v) is 14.6. The van der Waals surface area contributed by atoms with Crippen molar-refractivity contribution in [3.05, 3.63) is 22.5 Å². The molecule has 134 valence electrons. The normalized spacial score (nSPS) is 28.9. The minimum Gasteiger partial charge on any atom is -0.454 e. The number of esters is 1. The summed E-state index contributed by atoms with van der Waals surface area (Å²) in [5.41, 5.74) is -0.605. The van der Waals surface area contributed by atoms with Crippen LogP contribution in [0.15, 0.2) is 11.1 Å². The molecule has 2 aliphatic rings. The molecule has 0 aromatic carbocycles. The van der Waals surface area contributed by atoms with Crippen molar-refractivity contribution in [3.63, 3.8) is 0 Å². The molecule has 0 saturated heterocycles. The highest BCUT2D eigenvalue weighted by Gasteiger charge is 2.44. The van der Waals surface area contributed by atoms with Crippen LogP contribution in [0.3, 0.4) is 0 Å². The minimum absolute atomic E-state index is 0.0637. The number of aryl methyl sites for hydroxylation is 1. The lowest BCUT2D eigenvalue weighted by Crippen LogP contribution is -2.44. The molecular weight excluding hydrogens is 322 g/mol. The lowest BCUT2D eigenvalue weighted by Gasteiger charge is -2.46. The molecule has 0 amide bonds. The SMILES string of the molecule is CCC1(OC(=O)c2ncn3c(=O)n(C)nnc23)CC2CCC[C@@H](C2)C1. The van der Waals surface area contributed by atoms with Crippen LogP contribution in [0, 0.1) is 11.8 Å². The van der Waals surface area contributed by atoms with Crippen LogP contribution in [0.25, 0.3) is 5.65 Å². The predicted octanol–water partition coefficient (Wildman–Crippen LogP) is 1.73. The first-order valence-electron chi connectivity index (χ1n) is 9.02. The van der Waals surface area contributed by atoms with E-state index < -0.39 is 17.3 Å². The molecule has 0 aliphatic heterocycles. The Labute approximate surface area is 145 Å². The maximum Gasteiger partial charge on any atom is 0.361 e. The molecule has 8 nitrogen and oxygen atoms in total. The molecule has 2 aromatic heterocycles. The number of hydrogen-bond acceptors (Lipinski definition) is 6. The monoisotopic (exact) mass is 345 g/mol. The van der Waals surface area contributed by atoms with E-state index >= 15 is 0 Å². The number of ether oxygens (including phenoxy) is 1. The van der Waals surface area contributed by atoms with Crippen molar-refractivity contribution in [2.75, 3.05) is 0 Å². The maximum atomic E-state index is 12.8. The van der Waals surface area contributed by atoms with Crippen LogP contribution in [0.5, 0.6) is 0 Å². The van der Waals surface area contributed by atoms with Gasteiger partial charge in [0, 0.05) is 7.05 Å². The van der Waals surface area contributed by atoms with E-state index in [0.29, 0.717) is 11.8 Å². The molecule has 0 radical (unpaired) electrons. The molecule has 0 N–H and O–H groups in total. The zero-order valence-electron chi connectivity index (χ0n) is 14.6. The van der Waals surface area contributed by atoms with Gasteiger partial charge in [-0.15, -0.1) is 5.10 Å². The van der Waals surface area contributed by atoms with Gasteiger partial charge >= 0.3 is 11.7 Å². The molecule has 2 fully saturated rings. The fourth-order valence-electron chi connectivity index (χ4n) is 4.62. The summed E-state index contributed by atoms with van der Waals surface area (Å²) >= 11 is 0. The third-order valence-corrected chi connectivity index (χ3v) is 5.86. The first-order chi connectivity index (χ1) is 12.0. The molecule has 0 spiro atoms. The van der Waals surface area contributed by atoms with Crippen molar-refractivity contribution in [2.45, 2.75) is 57.5 Å². The molecule has 25 heavy (non-hydrogen) atoms. The van der Waals surface area contributed by atoms with Crippen molar-refractivity contribution >= 4 is 11.6 Å². The molecule has 2 bridgehead atoms. The summed E-state index contributed by atoms with van der Waals surface area (Å²) in [6.07, 6.45) is 8.94.